The van der Waals surface area contributed by atoms with Crippen LogP contribution >= 0.6 is 0 Å². The maximum atomic E-state index is 12.8. The normalized spacial score (nSPS) is 12.3. The van der Waals surface area contributed by atoms with E-state index in [0.717, 1.165) is 0 Å². The molecule has 0 spiro atoms. The number of anilines is 1. The maximum absolute atomic E-state index is 12.8. The molecule has 7 nitrogen and oxygen atoms in total. The van der Waals surface area contributed by atoms with Crippen molar-refractivity contribution in [3.8, 4) is 5.75 Å². The quantitative estimate of drug-likeness (QED) is 0.710. The van der Waals surface area contributed by atoms with Gasteiger partial charge >= 0.3 is 0 Å². The molecule has 0 amide bonds. The van der Waals surface area contributed by atoms with E-state index in [2.05, 4.69) is 20.5 Å². The Morgan fingerprint density at radius 1 is 1.32 bits per heavy atom. The Morgan fingerprint density at radius 2 is 2.14 bits per heavy atom. The largest absolute Gasteiger partial charge is 0.491 e. The Balaban J connectivity index is 1.53. The summed E-state index contributed by atoms with van der Waals surface area (Å²) in [5, 5.41) is 20.6. The summed E-state index contributed by atoms with van der Waals surface area (Å²) in [5.74, 6) is 0.695. The van der Waals surface area contributed by atoms with Crippen LogP contribution in [-0.2, 0) is 0 Å². The molecule has 0 saturated heterocycles. The van der Waals surface area contributed by atoms with E-state index in [4.69, 9.17) is 4.74 Å². The summed E-state index contributed by atoms with van der Waals surface area (Å²) >= 11 is 0. The summed E-state index contributed by atoms with van der Waals surface area (Å²) in [5.41, 5.74) is 0.578. The fourth-order valence-corrected chi connectivity index (χ4v) is 1.88. The van der Waals surface area contributed by atoms with E-state index in [1.807, 2.05) is 0 Å². The van der Waals surface area contributed by atoms with Crippen LogP contribution in [0.5, 0.6) is 5.75 Å². The number of aromatic nitrogens is 4. The van der Waals surface area contributed by atoms with Gasteiger partial charge in [-0.25, -0.2) is 9.37 Å². The smallest absolute Gasteiger partial charge is 0.203 e. The first-order valence-electron chi connectivity index (χ1n) is 6.67. The standard InChI is InChI=1S/C14H14FN5O2/c15-10-1-3-12(4-2-10)22-8-11(21)7-17-13-14-19-18-9-20(14)6-5-16-13/h1-6,9,11,21H,7-8H2,(H,16,17). The fourth-order valence-electron chi connectivity index (χ4n) is 1.88. The molecule has 0 bridgehead atoms. The Labute approximate surface area is 125 Å². The molecule has 22 heavy (non-hydrogen) atoms. The van der Waals surface area contributed by atoms with Gasteiger partial charge in [0, 0.05) is 18.9 Å². The zero-order valence-electron chi connectivity index (χ0n) is 11.6. The maximum Gasteiger partial charge on any atom is 0.203 e. The highest BCUT2D eigenvalue weighted by molar-refractivity contribution is 5.61. The van der Waals surface area contributed by atoms with Gasteiger partial charge < -0.3 is 15.2 Å². The fraction of sp³-hybridized carbons (Fsp3) is 0.214. The van der Waals surface area contributed by atoms with Crippen LogP contribution in [0.1, 0.15) is 0 Å². The highest BCUT2D eigenvalue weighted by atomic mass is 19.1. The molecule has 0 radical (unpaired) electrons. The van der Waals surface area contributed by atoms with Crippen molar-refractivity contribution in [3.05, 3.63) is 48.8 Å². The predicted molar refractivity (Wildman–Crippen MR) is 77.2 cm³/mol. The summed E-state index contributed by atoms with van der Waals surface area (Å²) < 4.78 is 19.9. The van der Waals surface area contributed by atoms with Crippen molar-refractivity contribution in [1.82, 2.24) is 19.6 Å². The molecule has 1 aromatic carbocycles. The average Bonchev–Trinajstić information content (AvgIpc) is 3.01. The summed E-state index contributed by atoms with van der Waals surface area (Å²) in [6.45, 7) is 0.315. The number of aliphatic hydroxyl groups is 1. The molecule has 0 aliphatic heterocycles. The van der Waals surface area contributed by atoms with Crippen molar-refractivity contribution in [2.24, 2.45) is 0 Å². The molecular formula is C14H14FN5O2. The number of fused-ring (bicyclic) bond motifs is 1. The zero-order chi connectivity index (χ0) is 15.4. The van der Waals surface area contributed by atoms with Gasteiger partial charge in [0.25, 0.3) is 0 Å². The molecule has 3 aromatic rings. The van der Waals surface area contributed by atoms with Gasteiger partial charge in [0.15, 0.2) is 5.82 Å². The molecule has 2 heterocycles. The van der Waals surface area contributed by atoms with Crippen molar-refractivity contribution in [1.29, 1.82) is 0 Å². The van der Waals surface area contributed by atoms with Crippen LogP contribution in [0, 0.1) is 5.82 Å². The molecule has 2 aromatic heterocycles. The molecule has 0 saturated carbocycles. The van der Waals surface area contributed by atoms with Crippen molar-refractivity contribution in [3.63, 3.8) is 0 Å². The van der Waals surface area contributed by atoms with Crippen LogP contribution in [-0.4, -0.2) is 43.9 Å². The molecule has 1 atom stereocenters. The number of rotatable bonds is 6. The molecule has 8 heteroatoms. The summed E-state index contributed by atoms with van der Waals surface area (Å²) in [4.78, 5) is 4.15. The van der Waals surface area contributed by atoms with Crippen molar-refractivity contribution in [2.75, 3.05) is 18.5 Å². The molecule has 0 aliphatic carbocycles. The monoisotopic (exact) mass is 303 g/mol. The van der Waals surface area contributed by atoms with Crippen LogP contribution < -0.4 is 10.1 Å². The molecular weight excluding hydrogens is 289 g/mol. The minimum absolute atomic E-state index is 0.0778. The lowest BCUT2D eigenvalue weighted by atomic mass is 10.3. The van der Waals surface area contributed by atoms with Gasteiger partial charge in [0.05, 0.1) is 0 Å². The van der Waals surface area contributed by atoms with Gasteiger partial charge in [0.2, 0.25) is 5.65 Å². The molecule has 2 N–H and O–H groups in total. The van der Waals surface area contributed by atoms with E-state index in [-0.39, 0.29) is 19.0 Å². The SMILES string of the molecule is OC(CNc1nccn2cnnc12)COc1ccc(F)cc1. The summed E-state index contributed by atoms with van der Waals surface area (Å²) in [6, 6.07) is 5.62. The Morgan fingerprint density at radius 3 is 2.95 bits per heavy atom. The molecule has 1 unspecified atom stereocenters. The Kier molecular flexibility index (Phi) is 4.10. The third-order valence-corrected chi connectivity index (χ3v) is 2.98. The van der Waals surface area contributed by atoms with E-state index < -0.39 is 6.10 Å². The minimum atomic E-state index is -0.755. The second-order valence-electron chi connectivity index (χ2n) is 4.64. The van der Waals surface area contributed by atoms with Crippen LogP contribution in [0.15, 0.2) is 43.0 Å². The number of aliphatic hydroxyl groups excluding tert-OH is 1. The van der Waals surface area contributed by atoms with Crippen molar-refractivity contribution >= 4 is 11.5 Å². The van der Waals surface area contributed by atoms with Gasteiger partial charge in [0.1, 0.15) is 30.6 Å². The summed E-state index contributed by atoms with van der Waals surface area (Å²) in [6.07, 6.45) is 4.15. The highest BCUT2D eigenvalue weighted by Crippen LogP contribution is 2.12. The number of benzene rings is 1. The van der Waals surface area contributed by atoms with E-state index in [9.17, 15) is 9.50 Å². The lowest BCUT2D eigenvalue weighted by molar-refractivity contribution is 0.117. The third-order valence-electron chi connectivity index (χ3n) is 2.98. The van der Waals surface area contributed by atoms with Crippen LogP contribution in [0.3, 0.4) is 0 Å². The molecule has 0 aliphatic rings. The third kappa shape index (κ3) is 3.29. The Bertz CT molecular complexity index is 746. The van der Waals surface area contributed by atoms with Gasteiger partial charge in [-0.15, -0.1) is 10.2 Å². The van der Waals surface area contributed by atoms with Gasteiger partial charge in [-0.1, -0.05) is 0 Å². The van der Waals surface area contributed by atoms with Gasteiger partial charge in [-0.3, -0.25) is 4.40 Å². The number of nitrogens with one attached hydrogen (secondary N) is 1. The number of nitrogens with zero attached hydrogens (tertiary/aromatic N) is 4. The van der Waals surface area contributed by atoms with E-state index in [0.29, 0.717) is 17.2 Å². The Hall–Kier alpha value is -2.74. The van der Waals surface area contributed by atoms with Crippen LogP contribution in [0.2, 0.25) is 0 Å². The first-order valence-corrected chi connectivity index (χ1v) is 6.67. The van der Waals surface area contributed by atoms with Crippen molar-refractivity contribution < 1.29 is 14.2 Å². The second kappa shape index (κ2) is 6.35. The number of ether oxygens (including phenoxy) is 1. The van der Waals surface area contributed by atoms with Crippen LogP contribution in [0.4, 0.5) is 10.2 Å². The highest BCUT2D eigenvalue weighted by Gasteiger charge is 2.09. The van der Waals surface area contributed by atoms with E-state index in [1.165, 1.54) is 24.3 Å². The van der Waals surface area contributed by atoms with Crippen LogP contribution in [0.25, 0.3) is 5.65 Å². The second-order valence-corrected chi connectivity index (χ2v) is 4.64. The van der Waals surface area contributed by atoms with Gasteiger partial charge in [-0.05, 0) is 24.3 Å². The minimum Gasteiger partial charge on any atom is -0.491 e. The summed E-state index contributed by atoms with van der Waals surface area (Å²) in [7, 11) is 0. The van der Waals surface area contributed by atoms with Gasteiger partial charge in [-0.2, -0.15) is 0 Å². The average molecular weight is 303 g/mol. The van der Waals surface area contributed by atoms with Crippen molar-refractivity contribution in [2.45, 2.75) is 6.10 Å². The molecule has 114 valence electrons. The zero-order valence-corrected chi connectivity index (χ0v) is 11.6. The number of hydrogen-bond acceptors (Lipinski definition) is 6. The molecule has 0 fully saturated rings. The topological polar surface area (TPSA) is 84.6 Å². The number of halogens is 1. The molecule has 3 rings (SSSR count). The predicted octanol–water partition coefficient (Wildman–Crippen LogP) is 1.12. The first kappa shape index (κ1) is 14.2. The van der Waals surface area contributed by atoms with E-state index in [1.54, 1.807) is 23.1 Å². The lowest BCUT2D eigenvalue weighted by Gasteiger charge is -2.13. The van der Waals surface area contributed by atoms with E-state index >= 15 is 0 Å². The number of hydrogen-bond donors (Lipinski definition) is 2. The lowest BCUT2D eigenvalue weighted by Crippen LogP contribution is -2.26. The first-order chi connectivity index (χ1) is 10.7.